The lowest BCUT2D eigenvalue weighted by atomic mass is 9.73. The second kappa shape index (κ2) is 7.31. The van der Waals surface area contributed by atoms with Crippen molar-refractivity contribution in [1.82, 2.24) is 29.6 Å². The van der Waals surface area contributed by atoms with Crippen LogP contribution in [0, 0.1) is 5.41 Å². The third-order valence-corrected chi connectivity index (χ3v) is 7.06. The summed E-state index contributed by atoms with van der Waals surface area (Å²) in [5, 5.41) is 9.67. The molecule has 2 saturated heterocycles. The number of aromatic nitrogens is 5. The molecule has 6 rings (SSSR count). The number of fused-ring (bicyclic) bond motifs is 3. The highest BCUT2D eigenvalue weighted by Crippen LogP contribution is 2.44. The Labute approximate surface area is 195 Å². The molecule has 1 spiro atoms. The summed E-state index contributed by atoms with van der Waals surface area (Å²) in [4.78, 5) is 27.0. The van der Waals surface area contributed by atoms with E-state index in [-0.39, 0.29) is 11.5 Å². The number of methoxy groups -OCH3 is 1. The molecule has 11 heteroatoms. The summed E-state index contributed by atoms with van der Waals surface area (Å²) < 4.78 is 7.09. The summed E-state index contributed by atoms with van der Waals surface area (Å²) >= 11 is 6.30. The number of anilines is 2. The van der Waals surface area contributed by atoms with Crippen LogP contribution in [0.4, 0.5) is 16.6 Å². The fourth-order valence-corrected chi connectivity index (χ4v) is 5.39. The normalized spacial score (nSPS) is 20.5. The van der Waals surface area contributed by atoms with Crippen molar-refractivity contribution >= 4 is 29.5 Å². The van der Waals surface area contributed by atoms with Gasteiger partial charge in [-0.2, -0.15) is 0 Å². The monoisotopic (exact) mass is 466 g/mol. The molecule has 5 heterocycles. The van der Waals surface area contributed by atoms with Gasteiger partial charge in [-0.15, -0.1) is 10.2 Å². The van der Waals surface area contributed by atoms with E-state index in [1.807, 2.05) is 31.2 Å². The molecule has 1 unspecified atom stereocenters. The third kappa shape index (κ3) is 3.12. The summed E-state index contributed by atoms with van der Waals surface area (Å²) in [6, 6.07) is 7.35. The lowest BCUT2D eigenvalue weighted by Gasteiger charge is -2.60. The largest absolute Gasteiger partial charge is 0.453 e. The number of carbonyl (C=O) groups excluding carboxylic acids is 1. The van der Waals surface area contributed by atoms with E-state index in [9.17, 15) is 4.79 Å². The molecular formula is C22H23ClN8O2. The van der Waals surface area contributed by atoms with Crippen LogP contribution in [-0.2, 0) is 11.3 Å². The molecule has 3 aliphatic heterocycles. The quantitative estimate of drug-likeness (QED) is 0.569. The molecule has 0 saturated carbocycles. The van der Waals surface area contributed by atoms with Crippen molar-refractivity contribution in [2.24, 2.45) is 5.41 Å². The minimum absolute atomic E-state index is 0.231. The first-order valence-electron chi connectivity index (χ1n) is 10.8. The van der Waals surface area contributed by atoms with Gasteiger partial charge in [0, 0.05) is 42.8 Å². The van der Waals surface area contributed by atoms with Crippen LogP contribution >= 0.6 is 11.6 Å². The topological polar surface area (TPSA) is 92.5 Å². The van der Waals surface area contributed by atoms with Crippen molar-refractivity contribution in [2.75, 3.05) is 43.1 Å². The van der Waals surface area contributed by atoms with Crippen LogP contribution in [0.2, 0.25) is 5.02 Å². The molecule has 10 nitrogen and oxygen atoms in total. The third-order valence-electron chi connectivity index (χ3n) is 6.82. The highest BCUT2D eigenvalue weighted by Gasteiger charge is 2.53. The standard InChI is InChI=1S/C22H23ClN8O2/c1-14-19-26-27-20(29-11-22(12-29)9-28(10-22)18-5-6-24-13-25-18)31(19)17-4-3-16(23)7-15(17)8-30(14)21(32)33-2/h3-7,13-14H,8-12H2,1-2H3. The molecule has 1 aromatic carbocycles. The molecule has 33 heavy (non-hydrogen) atoms. The van der Waals surface area contributed by atoms with Crippen molar-refractivity contribution < 1.29 is 9.53 Å². The molecule has 2 aromatic heterocycles. The first-order valence-corrected chi connectivity index (χ1v) is 11.2. The van der Waals surface area contributed by atoms with Crippen molar-refractivity contribution in [2.45, 2.75) is 19.5 Å². The van der Waals surface area contributed by atoms with Gasteiger partial charge in [-0.1, -0.05) is 11.6 Å². The number of benzene rings is 1. The first kappa shape index (κ1) is 20.2. The fraction of sp³-hybridized carbons (Fsp3) is 0.409. The maximum absolute atomic E-state index is 12.5. The van der Waals surface area contributed by atoms with Crippen LogP contribution in [-0.4, -0.2) is 69.0 Å². The summed E-state index contributed by atoms with van der Waals surface area (Å²) in [5.74, 6) is 2.46. The molecular weight excluding hydrogens is 444 g/mol. The number of rotatable bonds is 2. The Balaban J connectivity index is 1.30. The number of carbonyl (C=O) groups is 1. The van der Waals surface area contributed by atoms with Gasteiger partial charge >= 0.3 is 6.09 Å². The Kier molecular flexibility index (Phi) is 4.48. The molecule has 0 N–H and O–H groups in total. The summed E-state index contributed by atoms with van der Waals surface area (Å²) in [6.07, 6.45) is 2.95. The maximum atomic E-state index is 12.5. The van der Waals surface area contributed by atoms with Crippen molar-refractivity contribution in [3.05, 3.63) is 53.2 Å². The van der Waals surface area contributed by atoms with Crippen LogP contribution in [0.1, 0.15) is 24.4 Å². The van der Waals surface area contributed by atoms with Gasteiger partial charge < -0.3 is 14.5 Å². The Morgan fingerprint density at radius 1 is 1.15 bits per heavy atom. The number of halogens is 1. The number of amides is 1. The van der Waals surface area contributed by atoms with E-state index < -0.39 is 6.09 Å². The molecule has 1 amide bonds. The van der Waals surface area contributed by atoms with Crippen molar-refractivity contribution in [1.29, 1.82) is 0 Å². The Morgan fingerprint density at radius 3 is 2.67 bits per heavy atom. The van der Waals surface area contributed by atoms with Crippen molar-refractivity contribution in [3.63, 3.8) is 0 Å². The SMILES string of the molecule is COC(=O)N1Cc2cc(Cl)ccc2-n2c(nnc2N2CC3(CN(c4ccncn4)C3)C2)C1C. The second-order valence-electron chi connectivity index (χ2n) is 9.02. The van der Waals surface area contributed by atoms with Gasteiger partial charge in [0.05, 0.1) is 25.4 Å². The van der Waals surface area contributed by atoms with Crippen LogP contribution in [0.15, 0.2) is 36.8 Å². The molecule has 3 aliphatic rings. The smallest absolute Gasteiger partial charge is 0.410 e. The minimum Gasteiger partial charge on any atom is -0.453 e. The average molecular weight is 467 g/mol. The molecule has 3 aromatic rings. The summed E-state index contributed by atoms with van der Waals surface area (Å²) in [7, 11) is 1.39. The lowest BCUT2D eigenvalue weighted by molar-refractivity contribution is 0.103. The van der Waals surface area contributed by atoms with Gasteiger partial charge in [-0.25, -0.2) is 14.8 Å². The summed E-state index contributed by atoms with van der Waals surface area (Å²) in [6.45, 7) is 6.03. The predicted octanol–water partition coefficient (Wildman–Crippen LogP) is 2.68. The highest BCUT2D eigenvalue weighted by molar-refractivity contribution is 6.30. The van der Waals surface area contributed by atoms with Gasteiger partial charge in [0.2, 0.25) is 5.95 Å². The molecule has 0 radical (unpaired) electrons. The number of hydrogen-bond donors (Lipinski definition) is 0. The van der Waals surface area contributed by atoms with E-state index in [2.05, 4.69) is 34.5 Å². The van der Waals surface area contributed by atoms with Gasteiger partial charge in [0.25, 0.3) is 0 Å². The lowest BCUT2D eigenvalue weighted by Crippen LogP contribution is -2.73. The van der Waals surface area contributed by atoms with E-state index >= 15 is 0 Å². The highest BCUT2D eigenvalue weighted by atomic mass is 35.5. The molecule has 1 atom stereocenters. The van der Waals surface area contributed by atoms with Gasteiger partial charge in [0.1, 0.15) is 12.1 Å². The van der Waals surface area contributed by atoms with Gasteiger partial charge in [-0.3, -0.25) is 9.47 Å². The summed E-state index contributed by atoms with van der Waals surface area (Å²) in [5.41, 5.74) is 2.09. The zero-order valence-electron chi connectivity index (χ0n) is 18.3. The van der Waals surface area contributed by atoms with Crippen LogP contribution in [0.5, 0.6) is 0 Å². The van der Waals surface area contributed by atoms with Crippen molar-refractivity contribution in [3.8, 4) is 5.69 Å². The van der Waals surface area contributed by atoms with Crippen LogP contribution in [0.25, 0.3) is 5.69 Å². The maximum Gasteiger partial charge on any atom is 0.410 e. The zero-order chi connectivity index (χ0) is 22.7. The van der Waals surface area contributed by atoms with E-state index in [0.29, 0.717) is 17.4 Å². The van der Waals surface area contributed by atoms with Gasteiger partial charge in [-0.05, 0) is 36.8 Å². The number of hydrogen-bond acceptors (Lipinski definition) is 8. The number of ether oxygens (including phenoxy) is 1. The molecule has 0 aliphatic carbocycles. The number of nitrogens with zero attached hydrogens (tertiary/aromatic N) is 8. The Morgan fingerprint density at radius 2 is 1.94 bits per heavy atom. The molecule has 170 valence electrons. The predicted molar refractivity (Wildman–Crippen MR) is 122 cm³/mol. The zero-order valence-corrected chi connectivity index (χ0v) is 19.1. The molecule has 0 bridgehead atoms. The Bertz CT molecular complexity index is 1220. The van der Waals surface area contributed by atoms with E-state index in [1.54, 1.807) is 17.4 Å². The van der Waals surface area contributed by atoms with Gasteiger partial charge in [0.15, 0.2) is 5.82 Å². The van der Waals surface area contributed by atoms with Crippen LogP contribution < -0.4 is 9.80 Å². The molecule has 2 fully saturated rings. The fourth-order valence-electron chi connectivity index (χ4n) is 5.19. The first-order chi connectivity index (χ1) is 16.0. The van der Waals surface area contributed by atoms with E-state index in [4.69, 9.17) is 16.3 Å². The average Bonchev–Trinajstić information content (AvgIpc) is 3.15. The second-order valence-corrected chi connectivity index (χ2v) is 9.46. The van der Waals surface area contributed by atoms with E-state index in [1.165, 1.54) is 7.11 Å². The Hall–Kier alpha value is -3.40. The van der Waals surface area contributed by atoms with Crippen LogP contribution in [0.3, 0.4) is 0 Å². The van der Waals surface area contributed by atoms with E-state index in [0.717, 1.165) is 49.2 Å². The minimum atomic E-state index is -0.409.